The molecule has 130 valence electrons. The van der Waals surface area contributed by atoms with Crippen LogP contribution in [0, 0.1) is 0 Å². The molecular weight excluding hydrogens is 335 g/mol. The van der Waals surface area contributed by atoms with E-state index >= 15 is 0 Å². The van der Waals surface area contributed by atoms with Crippen molar-refractivity contribution in [3.8, 4) is 5.88 Å². The zero-order valence-corrected chi connectivity index (χ0v) is 14.3. The van der Waals surface area contributed by atoms with Crippen LogP contribution in [0.2, 0.25) is 0 Å². The van der Waals surface area contributed by atoms with Crippen LogP contribution >= 0.6 is 7.82 Å². The van der Waals surface area contributed by atoms with E-state index in [-0.39, 0.29) is 25.7 Å². The summed E-state index contributed by atoms with van der Waals surface area (Å²) in [4.78, 5) is 15.8. The first kappa shape index (κ1) is 18.2. The van der Waals surface area contributed by atoms with Gasteiger partial charge < -0.3 is 9.26 Å². The van der Waals surface area contributed by atoms with Gasteiger partial charge in [0.2, 0.25) is 5.88 Å². The van der Waals surface area contributed by atoms with Gasteiger partial charge in [0.15, 0.2) is 0 Å². The number of ether oxygens (including phenoxy) is 1. The molecule has 0 amide bonds. The lowest BCUT2D eigenvalue weighted by Gasteiger charge is -2.14. The Hall–Kier alpha value is -2.15. The molecule has 1 heterocycles. The van der Waals surface area contributed by atoms with Crippen LogP contribution < -0.4 is 4.52 Å². The van der Waals surface area contributed by atoms with Crippen molar-refractivity contribution in [1.82, 2.24) is 9.55 Å². The van der Waals surface area contributed by atoms with Crippen LogP contribution in [0.25, 0.3) is 0 Å². The highest BCUT2D eigenvalue weighted by atomic mass is 31.2. The summed E-state index contributed by atoms with van der Waals surface area (Å²) in [6.45, 7) is 3.75. The summed E-state index contributed by atoms with van der Waals surface area (Å²) in [5.41, 5.74) is 0.861. The third-order valence-corrected chi connectivity index (χ3v) is 4.31. The van der Waals surface area contributed by atoms with E-state index in [0.29, 0.717) is 0 Å². The van der Waals surface area contributed by atoms with Crippen LogP contribution in [-0.2, 0) is 25.0 Å². The lowest BCUT2D eigenvalue weighted by Crippen LogP contribution is -2.11. The highest BCUT2D eigenvalue weighted by molar-refractivity contribution is 7.48. The molecule has 0 saturated carbocycles. The number of hydrogen-bond donors (Lipinski definition) is 0. The van der Waals surface area contributed by atoms with E-state index in [1.54, 1.807) is 13.8 Å². The van der Waals surface area contributed by atoms with E-state index in [9.17, 15) is 9.36 Å². The summed E-state index contributed by atoms with van der Waals surface area (Å²) in [6.07, 6.45) is 1.81. The van der Waals surface area contributed by atoms with Crippen LogP contribution in [0.15, 0.2) is 42.9 Å². The molecule has 0 radical (unpaired) electrons. The van der Waals surface area contributed by atoms with Gasteiger partial charge in [0.1, 0.15) is 12.9 Å². The van der Waals surface area contributed by atoms with Crippen molar-refractivity contribution in [2.75, 3.05) is 13.2 Å². The van der Waals surface area contributed by atoms with E-state index in [1.807, 2.05) is 30.3 Å². The summed E-state index contributed by atoms with van der Waals surface area (Å²) >= 11 is 0. The molecule has 2 rings (SSSR count). The van der Waals surface area contributed by atoms with Crippen LogP contribution in [0.1, 0.15) is 19.4 Å². The van der Waals surface area contributed by atoms with Crippen molar-refractivity contribution in [3.63, 3.8) is 0 Å². The van der Waals surface area contributed by atoms with Crippen molar-refractivity contribution in [3.05, 3.63) is 48.4 Å². The maximum absolute atomic E-state index is 12.2. The molecule has 1 aromatic heterocycles. The Morgan fingerprint density at radius 3 is 2.46 bits per heavy atom. The number of phosphoric acid groups is 1. The van der Waals surface area contributed by atoms with Gasteiger partial charge in [0, 0.05) is 0 Å². The van der Waals surface area contributed by atoms with Crippen LogP contribution in [0.5, 0.6) is 5.88 Å². The maximum Gasteiger partial charge on any atom is 0.531 e. The SMILES string of the molecule is CCOP(=O)(OCC)Oc1cn(C(=O)OCc2ccccc2)cn1. The van der Waals surface area contributed by atoms with Crippen LogP contribution in [0.3, 0.4) is 0 Å². The number of aromatic nitrogens is 2. The third kappa shape index (κ3) is 5.19. The molecule has 9 heteroatoms. The molecule has 0 aliphatic rings. The number of phosphoric ester groups is 1. The number of benzene rings is 1. The molecular formula is C15H19N2O6P. The van der Waals surface area contributed by atoms with Crippen molar-refractivity contribution in [2.45, 2.75) is 20.5 Å². The Bertz CT molecular complexity index is 693. The average molecular weight is 354 g/mol. The van der Waals surface area contributed by atoms with E-state index in [1.165, 1.54) is 12.5 Å². The largest absolute Gasteiger partial charge is 0.531 e. The van der Waals surface area contributed by atoms with Gasteiger partial charge in [0.25, 0.3) is 0 Å². The Labute approximate surface area is 139 Å². The Kier molecular flexibility index (Phi) is 6.54. The number of carbonyl (C=O) groups excluding carboxylic acids is 1. The molecule has 8 nitrogen and oxygen atoms in total. The first-order valence-electron chi connectivity index (χ1n) is 7.40. The molecule has 0 aliphatic carbocycles. The molecule has 0 N–H and O–H groups in total. The molecule has 0 fully saturated rings. The second-order valence-corrected chi connectivity index (χ2v) is 6.13. The fourth-order valence-electron chi connectivity index (χ4n) is 1.77. The lowest BCUT2D eigenvalue weighted by molar-refractivity contribution is 0.141. The van der Waals surface area contributed by atoms with Crippen LogP contribution in [0.4, 0.5) is 4.79 Å². The number of hydrogen-bond acceptors (Lipinski definition) is 7. The first-order chi connectivity index (χ1) is 11.6. The van der Waals surface area contributed by atoms with Gasteiger partial charge >= 0.3 is 13.9 Å². The fraction of sp³-hybridized carbons (Fsp3) is 0.333. The second-order valence-electron chi connectivity index (χ2n) is 4.53. The van der Waals surface area contributed by atoms with Gasteiger partial charge in [-0.1, -0.05) is 30.3 Å². The normalized spacial score (nSPS) is 11.2. The zero-order chi connectivity index (χ0) is 17.4. The van der Waals surface area contributed by atoms with E-state index in [2.05, 4.69) is 4.98 Å². The quantitative estimate of drug-likeness (QED) is 0.669. The minimum absolute atomic E-state index is 0.0584. The Morgan fingerprint density at radius 2 is 1.83 bits per heavy atom. The molecule has 0 unspecified atom stereocenters. The Morgan fingerprint density at radius 1 is 1.17 bits per heavy atom. The number of rotatable bonds is 8. The average Bonchev–Trinajstić information content (AvgIpc) is 3.02. The summed E-state index contributed by atoms with van der Waals surface area (Å²) in [5, 5.41) is 0. The molecule has 0 spiro atoms. The highest BCUT2D eigenvalue weighted by Gasteiger charge is 2.28. The van der Waals surface area contributed by atoms with Crippen molar-refractivity contribution in [2.24, 2.45) is 0 Å². The van der Waals surface area contributed by atoms with E-state index in [0.717, 1.165) is 10.1 Å². The van der Waals surface area contributed by atoms with Gasteiger partial charge in [-0.15, -0.1) is 0 Å². The van der Waals surface area contributed by atoms with Gasteiger partial charge in [-0.25, -0.2) is 18.9 Å². The Balaban J connectivity index is 1.96. The first-order valence-corrected chi connectivity index (χ1v) is 8.86. The number of carbonyl (C=O) groups is 1. The van der Waals surface area contributed by atoms with E-state index < -0.39 is 13.9 Å². The van der Waals surface area contributed by atoms with Gasteiger partial charge in [-0.2, -0.15) is 0 Å². The monoisotopic (exact) mass is 354 g/mol. The lowest BCUT2D eigenvalue weighted by atomic mass is 10.2. The summed E-state index contributed by atoms with van der Waals surface area (Å²) in [5.74, 6) is -0.0584. The van der Waals surface area contributed by atoms with Crippen molar-refractivity contribution < 1.29 is 27.7 Å². The van der Waals surface area contributed by atoms with Crippen molar-refractivity contribution >= 4 is 13.9 Å². The third-order valence-electron chi connectivity index (χ3n) is 2.75. The summed E-state index contributed by atoms with van der Waals surface area (Å²) in [6, 6.07) is 9.27. The zero-order valence-electron chi connectivity index (χ0n) is 13.5. The van der Waals surface area contributed by atoms with Gasteiger partial charge in [-0.05, 0) is 19.4 Å². The molecule has 0 atom stereocenters. The summed E-state index contributed by atoms with van der Waals surface area (Å²) < 4.78 is 33.6. The minimum Gasteiger partial charge on any atom is -0.444 e. The number of imidazole rings is 1. The molecule has 2 aromatic rings. The topological polar surface area (TPSA) is 88.9 Å². The molecule has 0 aliphatic heterocycles. The second kappa shape index (κ2) is 8.63. The van der Waals surface area contributed by atoms with Crippen LogP contribution in [-0.4, -0.2) is 28.9 Å². The molecule has 1 aromatic carbocycles. The fourth-order valence-corrected chi connectivity index (χ4v) is 2.90. The maximum atomic E-state index is 12.2. The predicted molar refractivity (Wildman–Crippen MR) is 85.7 cm³/mol. The van der Waals surface area contributed by atoms with Gasteiger partial charge in [0.05, 0.1) is 19.4 Å². The smallest absolute Gasteiger partial charge is 0.444 e. The van der Waals surface area contributed by atoms with Crippen molar-refractivity contribution in [1.29, 1.82) is 0 Å². The highest BCUT2D eigenvalue weighted by Crippen LogP contribution is 2.48. The minimum atomic E-state index is -3.75. The standard InChI is InChI=1S/C15H19N2O6P/c1-3-21-24(19,22-4-2)23-14-10-17(12-16-14)15(18)20-11-13-8-6-5-7-9-13/h5-10,12H,3-4,11H2,1-2H3. The molecule has 0 saturated heterocycles. The molecule has 24 heavy (non-hydrogen) atoms. The predicted octanol–water partition coefficient (Wildman–Crippen LogP) is 3.63. The van der Waals surface area contributed by atoms with E-state index in [4.69, 9.17) is 18.3 Å². The number of nitrogens with zero attached hydrogens (tertiary/aromatic N) is 2. The van der Waals surface area contributed by atoms with Gasteiger partial charge in [-0.3, -0.25) is 9.05 Å². The summed E-state index contributed by atoms with van der Waals surface area (Å²) in [7, 11) is -3.75. The molecule has 0 bridgehead atoms.